The fourth-order valence-corrected chi connectivity index (χ4v) is 3.97. The van der Waals surface area contributed by atoms with E-state index in [2.05, 4.69) is 11.7 Å². The van der Waals surface area contributed by atoms with E-state index in [1.165, 1.54) is 0 Å². The zero-order valence-corrected chi connectivity index (χ0v) is 16.8. The van der Waals surface area contributed by atoms with Crippen molar-refractivity contribution in [1.29, 1.82) is 0 Å². The van der Waals surface area contributed by atoms with Gasteiger partial charge in [-0.3, -0.25) is 4.79 Å². The molecule has 0 bridgehead atoms. The molecule has 0 N–H and O–H groups in total. The van der Waals surface area contributed by atoms with Crippen LogP contribution >= 0.6 is 0 Å². The normalized spacial score (nSPS) is 21.8. The molecule has 3 atom stereocenters. The Morgan fingerprint density at radius 3 is 2.55 bits per heavy atom. The van der Waals surface area contributed by atoms with Crippen molar-refractivity contribution in [3.63, 3.8) is 0 Å². The number of fused-ring (bicyclic) bond motifs is 1. The Kier molecular flexibility index (Phi) is 7.01. The molecule has 1 fully saturated rings. The first-order valence-electron chi connectivity index (χ1n) is 10.1. The SMILES string of the molecule is CCCCC1CCC(C(=O)Oc2ccc3c(F)c(OC(F)(F)F)c(F)cc3c2)C(F)C1. The van der Waals surface area contributed by atoms with Crippen molar-refractivity contribution < 1.29 is 40.6 Å². The average Bonchev–Trinajstić information content (AvgIpc) is 2.68. The van der Waals surface area contributed by atoms with Crippen molar-refractivity contribution in [3.05, 3.63) is 35.9 Å². The van der Waals surface area contributed by atoms with E-state index < -0.39 is 41.8 Å². The Morgan fingerprint density at radius 1 is 1.16 bits per heavy atom. The number of halogens is 6. The highest BCUT2D eigenvalue weighted by Crippen LogP contribution is 2.37. The van der Waals surface area contributed by atoms with Crippen molar-refractivity contribution in [2.45, 2.75) is 58.0 Å². The number of hydrogen-bond donors (Lipinski definition) is 0. The minimum absolute atomic E-state index is 0.0823. The van der Waals surface area contributed by atoms with Gasteiger partial charge < -0.3 is 9.47 Å². The van der Waals surface area contributed by atoms with Gasteiger partial charge in [-0.1, -0.05) is 26.2 Å². The second-order valence-corrected chi connectivity index (χ2v) is 7.80. The van der Waals surface area contributed by atoms with Crippen LogP contribution in [0.2, 0.25) is 0 Å². The van der Waals surface area contributed by atoms with Gasteiger partial charge in [0.25, 0.3) is 0 Å². The van der Waals surface area contributed by atoms with E-state index in [1.54, 1.807) is 0 Å². The Morgan fingerprint density at radius 2 is 1.90 bits per heavy atom. The van der Waals surface area contributed by atoms with Gasteiger partial charge in [-0.25, -0.2) is 13.2 Å². The summed E-state index contributed by atoms with van der Waals surface area (Å²) < 4.78 is 88.5. The Hall–Kier alpha value is -2.45. The topological polar surface area (TPSA) is 35.5 Å². The fourth-order valence-electron chi connectivity index (χ4n) is 3.97. The molecule has 1 saturated carbocycles. The van der Waals surface area contributed by atoms with Crippen molar-refractivity contribution in [2.75, 3.05) is 0 Å². The number of alkyl halides is 4. The second-order valence-electron chi connectivity index (χ2n) is 7.80. The number of carbonyl (C=O) groups excluding carboxylic acids is 1. The average molecular weight is 448 g/mol. The van der Waals surface area contributed by atoms with Crippen LogP contribution in [0.3, 0.4) is 0 Å². The molecule has 3 rings (SSSR count). The molecule has 1 aliphatic carbocycles. The summed E-state index contributed by atoms with van der Waals surface area (Å²) in [6.07, 6.45) is -2.29. The van der Waals surface area contributed by atoms with Gasteiger partial charge in [0.1, 0.15) is 11.9 Å². The van der Waals surface area contributed by atoms with Crippen molar-refractivity contribution in [1.82, 2.24) is 0 Å². The molecule has 3 unspecified atom stereocenters. The van der Waals surface area contributed by atoms with Crippen LogP contribution in [0.5, 0.6) is 11.5 Å². The summed E-state index contributed by atoms with van der Waals surface area (Å²) in [6.45, 7) is 2.06. The molecular weight excluding hydrogens is 426 g/mol. The van der Waals surface area contributed by atoms with Gasteiger partial charge in [0.2, 0.25) is 5.75 Å². The zero-order chi connectivity index (χ0) is 22.8. The van der Waals surface area contributed by atoms with Crippen LogP contribution in [-0.2, 0) is 4.79 Å². The van der Waals surface area contributed by atoms with Crippen LogP contribution in [0.1, 0.15) is 45.4 Å². The van der Waals surface area contributed by atoms with E-state index in [9.17, 15) is 31.1 Å². The minimum atomic E-state index is -5.26. The highest BCUT2D eigenvalue weighted by molar-refractivity contribution is 5.87. The van der Waals surface area contributed by atoms with E-state index in [-0.39, 0.29) is 28.9 Å². The Bertz CT molecular complexity index is 943. The molecule has 0 aromatic heterocycles. The standard InChI is InChI=1S/C22H22F6O3/c1-2-3-4-12-5-7-16(17(23)9-12)21(29)30-14-6-8-15-13(10-14)11-18(24)20(19(15)25)31-22(26,27)28/h6,8,10-12,16-17H,2-5,7,9H2,1H3. The van der Waals surface area contributed by atoms with Gasteiger partial charge >= 0.3 is 12.3 Å². The Balaban J connectivity index is 1.74. The molecule has 3 nitrogen and oxygen atoms in total. The second kappa shape index (κ2) is 9.36. The molecule has 0 radical (unpaired) electrons. The molecule has 0 amide bonds. The van der Waals surface area contributed by atoms with E-state index >= 15 is 0 Å². The number of esters is 1. The van der Waals surface area contributed by atoms with Gasteiger partial charge in [0.15, 0.2) is 11.6 Å². The Labute approximate surface area is 175 Å². The van der Waals surface area contributed by atoms with Crippen LogP contribution in [0.15, 0.2) is 24.3 Å². The summed E-state index contributed by atoms with van der Waals surface area (Å²) >= 11 is 0. The van der Waals surface area contributed by atoms with Gasteiger partial charge in [0, 0.05) is 5.39 Å². The van der Waals surface area contributed by atoms with Crippen molar-refractivity contribution >= 4 is 16.7 Å². The molecule has 0 saturated heterocycles. The predicted octanol–water partition coefficient (Wildman–Crippen LogP) is 6.87. The molecule has 170 valence electrons. The summed E-state index contributed by atoms with van der Waals surface area (Å²) in [5, 5.41) is -0.477. The van der Waals surface area contributed by atoms with Gasteiger partial charge in [0.05, 0.1) is 5.92 Å². The smallest absolute Gasteiger partial charge is 0.426 e. The third kappa shape index (κ3) is 5.62. The quantitative estimate of drug-likeness (QED) is 0.275. The molecule has 31 heavy (non-hydrogen) atoms. The summed E-state index contributed by atoms with van der Waals surface area (Å²) in [5.41, 5.74) is 0. The fraction of sp³-hybridized carbons (Fsp3) is 0.500. The maximum Gasteiger partial charge on any atom is 0.573 e. The van der Waals surface area contributed by atoms with Crippen LogP contribution in [0.25, 0.3) is 10.8 Å². The number of benzene rings is 2. The summed E-state index contributed by atoms with van der Waals surface area (Å²) in [6, 6.07) is 3.95. The monoisotopic (exact) mass is 448 g/mol. The van der Waals surface area contributed by atoms with Crippen LogP contribution in [0, 0.1) is 23.5 Å². The minimum Gasteiger partial charge on any atom is -0.426 e. The third-order valence-corrected chi connectivity index (χ3v) is 5.54. The zero-order valence-electron chi connectivity index (χ0n) is 16.8. The highest BCUT2D eigenvalue weighted by atomic mass is 19.4. The van der Waals surface area contributed by atoms with Crippen LogP contribution in [-0.4, -0.2) is 18.5 Å². The van der Waals surface area contributed by atoms with E-state index in [4.69, 9.17) is 4.74 Å². The van der Waals surface area contributed by atoms with E-state index in [0.717, 1.165) is 43.9 Å². The molecule has 0 spiro atoms. The van der Waals surface area contributed by atoms with Crippen molar-refractivity contribution in [3.8, 4) is 11.5 Å². The molecule has 2 aromatic carbocycles. The lowest BCUT2D eigenvalue weighted by atomic mass is 9.78. The molecule has 9 heteroatoms. The van der Waals surface area contributed by atoms with Crippen molar-refractivity contribution in [2.24, 2.45) is 11.8 Å². The molecule has 1 aliphatic rings. The number of hydrogen-bond acceptors (Lipinski definition) is 3. The number of unbranched alkanes of at least 4 members (excludes halogenated alkanes) is 1. The van der Waals surface area contributed by atoms with Crippen LogP contribution in [0.4, 0.5) is 26.3 Å². The molecule has 0 heterocycles. The first-order valence-corrected chi connectivity index (χ1v) is 10.1. The molecular formula is C22H22F6O3. The maximum absolute atomic E-state index is 14.5. The largest absolute Gasteiger partial charge is 0.573 e. The van der Waals surface area contributed by atoms with Gasteiger partial charge in [-0.05, 0) is 54.8 Å². The summed E-state index contributed by atoms with van der Waals surface area (Å²) in [4.78, 5) is 12.4. The van der Waals surface area contributed by atoms with Gasteiger partial charge in [-0.2, -0.15) is 0 Å². The summed E-state index contributed by atoms with van der Waals surface area (Å²) in [7, 11) is 0. The number of carbonyl (C=O) groups is 1. The molecule has 2 aromatic rings. The first-order chi connectivity index (χ1) is 14.6. The lowest BCUT2D eigenvalue weighted by Crippen LogP contribution is -2.34. The van der Waals surface area contributed by atoms with E-state index in [1.807, 2.05) is 0 Å². The number of rotatable bonds is 6. The van der Waals surface area contributed by atoms with E-state index in [0.29, 0.717) is 12.5 Å². The van der Waals surface area contributed by atoms with Crippen LogP contribution < -0.4 is 9.47 Å². The lowest BCUT2D eigenvalue weighted by Gasteiger charge is -2.30. The third-order valence-electron chi connectivity index (χ3n) is 5.54. The first kappa shape index (κ1) is 23.2. The lowest BCUT2D eigenvalue weighted by molar-refractivity contribution is -0.276. The summed E-state index contributed by atoms with van der Waals surface area (Å²) in [5.74, 6) is -6.20. The maximum atomic E-state index is 14.5. The number of ether oxygens (including phenoxy) is 2. The highest BCUT2D eigenvalue weighted by Gasteiger charge is 2.37. The van der Waals surface area contributed by atoms with Gasteiger partial charge in [-0.15, -0.1) is 13.2 Å². The molecule has 0 aliphatic heterocycles. The predicted molar refractivity (Wildman–Crippen MR) is 101 cm³/mol.